The molecular weight excluding hydrogens is 488 g/mol. The Morgan fingerprint density at radius 3 is 1.24 bits per heavy atom. The molecule has 0 fully saturated rings. The molecule has 0 aliphatic heterocycles. The molecule has 0 aliphatic rings. The van der Waals surface area contributed by atoms with E-state index in [1.807, 2.05) is 0 Å². The monoisotopic (exact) mass is 522 g/mol. The third kappa shape index (κ3) is 10.0. The number of unbranched alkanes of at least 4 members (excludes halogenated alkanes) is 1. The molecule has 0 saturated heterocycles. The quantitative estimate of drug-likeness (QED) is 0.106. The van der Waals surface area contributed by atoms with Crippen LogP contribution in [0.2, 0.25) is 0 Å². The van der Waals surface area contributed by atoms with Gasteiger partial charge in [0.2, 0.25) is 0 Å². The molecule has 2 rings (SSSR count). The Bertz CT molecular complexity index is 1060. The number of rotatable bonds is 15. The minimum absolute atomic E-state index is 0.00380. The predicted octanol–water partition coefficient (Wildman–Crippen LogP) is 5.00. The van der Waals surface area contributed by atoms with E-state index in [0.717, 1.165) is 12.8 Å². The van der Waals surface area contributed by atoms with Gasteiger partial charge in [0.1, 0.15) is 22.6 Å². The summed E-state index contributed by atoms with van der Waals surface area (Å²) < 4.78 is 21.4. The molecule has 8 heteroatoms. The first-order valence-corrected chi connectivity index (χ1v) is 12.5. The number of benzene rings is 2. The lowest BCUT2D eigenvalue weighted by molar-refractivity contribution is -0.141. The molecule has 0 saturated carbocycles. The number of ketones is 2. The second-order valence-electron chi connectivity index (χ2n) is 8.21. The van der Waals surface area contributed by atoms with Crippen molar-refractivity contribution >= 4 is 35.7 Å². The topological polar surface area (TPSA) is 105 Å². The molecule has 202 valence electrons. The predicted molar refractivity (Wildman–Crippen MR) is 144 cm³/mol. The first-order chi connectivity index (χ1) is 18.2. The van der Waals surface area contributed by atoms with Crippen LogP contribution in [0.1, 0.15) is 51.7 Å². The first-order valence-electron chi connectivity index (χ1n) is 12.5. The van der Waals surface area contributed by atoms with Crippen LogP contribution in [0.25, 0.3) is 12.2 Å². The normalized spacial score (nSPS) is 11.5. The van der Waals surface area contributed by atoms with E-state index in [2.05, 4.69) is 0 Å². The highest BCUT2D eigenvalue weighted by molar-refractivity contribution is 6.20. The molecule has 0 N–H and O–H groups in total. The van der Waals surface area contributed by atoms with Crippen LogP contribution >= 0.6 is 0 Å². The van der Waals surface area contributed by atoms with Gasteiger partial charge in [-0.1, -0.05) is 24.3 Å². The minimum atomic E-state index is -0.633. The van der Waals surface area contributed by atoms with Crippen molar-refractivity contribution in [2.45, 2.75) is 40.5 Å². The van der Waals surface area contributed by atoms with Crippen molar-refractivity contribution in [2.24, 2.45) is 0 Å². The summed E-state index contributed by atoms with van der Waals surface area (Å²) in [5, 5.41) is 0. The van der Waals surface area contributed by atoms with Crippen LogP contribution in [0.3, 0.4) is 0 Å². The average Bonchev–Trinajstić information content (AvgIpc) is 2.89. The van der Waals surface area contributed by atoms with Gasteiger partial charge in [-0.15, -0.1) is 0 Å². The van der Waals surface area contributed by atoms with Crippen LogP contribution in [-0.2, 0) is 28.7 Å². The highest BCUT2D eigenvalue weighted by Gasteiger charge is 2.16. The third-order valence-corrected chi connectivity index (χ3v) is 5.21. The fourth-order valence-electron chi connectivity index (χ4n) is 3.26. The lowest BCUT2D eigenvalue weighted by atomic mass is 10.1. The van der Waals surface area contributed by atoms with Crippen LogP contribution in [0.5, 0.6) is 11.5 Å². The van der Waals surface area contributed by atoms with E-state index in [9.17, 15) is 19.2 Å². The van der Waals surface area contributed by atoms with Gasteiger partial charge in [0.05, 0.1) is 26.4 Å². The number of hydrogen-bond donors (Lipinski definition) is 0. The van der Waals surface area contributed by atoms with Crippen LogP contribution < -0.4 is 9.47 Å². The van der Waals surface area contributed by atoms with Crippen molar-refractivity contribution in [3.63, 3.8) is 0 Å². The third-order valence-electron chi connectivity index (χ3n) is 5.21. The largest absolute Gasteiger partial charge is 0.494 e. The number of hydrogen-bond acceptors (Lipinski definition) is 8. The van der Waals surface area contributed by atoms with E-state index in [4.69, 9.17) is 18.9 Å². The summed E-state index contributed by atoms with van der Waals surface area (Å²) in [5.41, 5.74) is 1.40. The Hall–Kier alpha value is -4.20. The molecule has 0 aliphatic carbocycles. The first kappa shape index (κ1) is 30.0. The smallest absolute Gasteiger partial charge is 0.341 e. The van der Waals surface area contributed by atoms with Gasteiger partial charge in [-0.3, -0.25) is 9.59 Å². The maximum Gasteiger partial charge on any atom is 0.341 e. The van der Waals surface area contributed by atoms with Gasteiger partial charge < -0.3 is 18.9 Å². The van der Waals surface area contributed by atoms with Crippen molar-refractivity contribution in [3.8, 4) is 11.5 Å². The SMILES string of the molecule is CCOC(=O)/C(=C\c1ccc(OCCCCOc2ccc(/C=C(/C(C)=O)C(=O)OCC)cc2)cc1)C(C)=O. The van der Waals surface area contributed by atoms with Crippen LogP contribution in [0.15, 0.2) is 59.7 Å². The van der Waals surface area contributed by atoms with E-state index in [-0.39, 0.29) is 35.9 Å². The lowest BCUT2D eigenvalue weighted by Gasteiger charge is -2.09. The summed E-state index contributed by atoms with van der Waals surface area (Å²) in [6.07, 6.45) is 4.57. The minimum Gasteiger partial charge on any atom is -0.494 e. The second kappa shape index (κ2) is 15.8. The highest BCUT2D eigenvalue weighted by Crippen LogP contribution is 2.18. The molecule has 0 spiro atoms. The number of Topliss-reactive ketones (excluding diaryl/α,β-unsaturated/α-hetero) is 2. The van der Waals surface area contributed by atoms with Crippen molar-refractivity contribution in [1.29, 1.82) is 0 Å². The van der Waals surface area contributed by atoms with Crippen LogP contribution in [-0.4, -0.2) is 49.9 Å². The van der Waals surface area contributed by atoms with Gasteiger partial charge in [0.25, 0.3) is 0 Å². The van der Waals surface area contributed by atoms with E-state index in [0.29, 0.717) is 35.8 Å². The second-order valence-corrected chi connectivity index (χ2v) is 8.21. The maximum atomic E-state index is 11.9. The molecule has 0 aromatic heterocycles. The van der Waals surface area contributed by atoms with Gasteiger partial charge in [-0.2, -0.15) is 0 Å². The molecule has 2 aromatic carbocycles. The van der Waals surface area contributed by atoms with Gasteiger partial charge in [-0.05, 0) is 88.1 Å². The summed E-state index contributed by atoms with van der Waals surface area (Å²) >= 11 is 0. The molecule has 0 amide bonds. The van der Waals surface area contributed by atoms with Crippen molar-refractivity contribution < 1.29 is 38.1 Å². The summed E-state index contributed by atoms with van der Waals surface area (Å²) in [6.45, 7) is 7.45. The molecule has 0 atom stereocenters. The molecule has 2 aromatic rings. The molecule has 8 nitrogen and oxygen atoms in total. The van der Waals surface area contributed by atoms with Crippen LogP contribution in [0.4, 0.5) is 0 Å². The Labute approximate surface area is 223 Å². The zero-order chi connectivity index (χ0) is 27.9. The lowest BCUT2D eigenvalue weighted by Crippen LogP contribution is -2.13. The zero-order valence-electron chi connectivity index (χ0n) is 22.3. The summed E-state index contributed by atoms with van der Waals surface area (Å²) in [7, 11) is 0. The maximum absolute atomic E-state index is 11.9. The molecule has 0 heterocycles. The zero-order valence-corrected chi connectivity index (χ0v) is 22.3. The van der Waals surface area contributed by atoms with E-state index < -0.39 is 11.9 Å². The summed E-state index contributed by atoms with van der Waals surface area (Å²) in [6, 6.07) is 14.2. The fraction of sp³-hybridized carbons (Fsp3) is 0.333. The number of carbonyl (C=O) groups is 4. The van der Waals surface area contributed by atoms with Gasteiger partial charge in [0, 0.05) is 0 Å². The number of esters is 2. The van der Waals surface area contributed by atoms with E-state index in [1.165, 1.54) is 26.0 Å². The molecule has 0 bridgehead atoms. The molecular formula is C30H34O8. The van der Waals surface area contributed by atoms with E-state index >= 15 is 0 Å². The average molecular weight is 523 g/mol. The number of carbonyl (C=O) groups excluding carboxylic acids is 4. The van der Waals surface area contributed by atoms with Gasteiger partial charge in [0.15, 0.2) is 11.6 Å². The Kier molecular flexibility index (Phi) is 12.5. The molecule has 38 heavy (non-hydrogen) atoms. The van der Waals surface area contributed by atoms with Crippen molar-refractivity contribution in [3.05, 3.63) is 70.8 Å². The van der Waals surface area contributed by atoms with Gasteiger partial charge in [-0.25, -0.2) is 9.59 Å². The highest BCUT2D eigenvalue weighted by atomic mass is 16.5. The molecule has 0 unspecified atom stereocenters. The van der Waals surface area contributed by atoms with Crippen molar-refractivity contribution in [2.75, 3.05) is 26.4 Å². The summed E-state index contributed by atoms with van der Waals surface area (Å²) in [5.74, 6) is -0.609. The Morgan fingerprint density at radius 1 is 0.605 bits per heavy atom. The van der Waals surface area contributed by atoms with Gasteiger partial charge >= 0.3 is 11.9 Å². The molecule has 0 radical (unpaired) electrons. The van der Waals surface area contributed by atoms with Crippen LogP contribution in [0, 0.1) is 0 Å². The summed E-state index contributed by atoms with van der Waals surface area (Å²) in [4.78, 5) is 47.3. The Balaban J connectivity index is 1.77. The standard InChI is InChI=1S/C30H34O8/c1-5-35-29(33)27(21(3)31)19-23-9-13-25(14-10-23)37-17-7-8-18-38-26-15-11-24(12-16-26)20-28(22(4)32)30(34)36-6-2/h9-16,19-20H,5-8,17-18H2,1-4H3/b27-19-,28-20-. The fourth-order valence-corrected chi connectivity index (χ4v) is 3.26. The Morgan fingerprint density at radius 2 is 0.947 bits per heavy atom. The van der Waals surface area contributed by atoms with E-state index in [1.54, 1.807) is 62.4 Å². The number of ether oxygens (including phenoxy) is 4. The van der Waals surface area contributed by atoms with Crippen molar-refractivity contribution in [1.82, 2.24) is 0 Å².